The van der Waals surface area contributed by atoms with Crippen LogP contribution in [0.2, 0.25) is 0 Å². The molecule has 4 aromatic carbocycles. The minimum absolute atomic E-state index is 0.0168. The van der Waals surface area contributed by atoms with E-state index in [1.165, 1.54) is 97.1 Å². The summed E-state index contributed by atoms with van der Waals surface area (Å²) in [6, 6.07) is 23.1. The molecule has 0 saturated carbocycles. The normalized spacial score (nSPS) is 27.2. The lowest BCUT2D eigenvalue weighted by Gasteiger charge is -2.54. The smallest absolute Gasteiger partial charge is 0.338 e. The third-order valence-electron chi connectivity index (χ3n) is 11.6. The molecule has 4 amide bonds. The van der Waals surface area contributed by atoms with Crippen LogP contribution in [0.15, 0.2) is 109 Å². The van der Waals surface area contributed by atoms with Crippen molar-refractivity contribution in [3.8, 4) is 0 Å². The van der Waals surface area contributed by atoms with Crippen molar-refractivity contribution in [3.05, 3.63) is 143 Å². The van der Waals surface area contributed by atoms with Gasteiger partial charge < -0.3 is 43.0 Å². The van der Waals surface area contributed by atoms with Crippen LogP contribution in [0.25, 0.3) is 0 Å². The van der Waals surface area contributed by atoms with E-state index < -0.39 is 128 Å². The second-order valence-electron chi connectivity index (χ2n) is 16.0. The Morgan fingerprint density at radius 2 is 1.03 bits per heavy atom. The minimum Gasteiger partial charge on any atom is -0.463 e. The zero-order chi connectivity index (χ0) is 49.3. The van der Waals surface area contributed by atoms with Crippen LogP contribution in [0.4, 0.5) is 4.39 Å². The van der Waals surface area contributed by atoms with E-state index in [0.717, 1.165) is 20.8 Å². The molecule has 4 aliphatic heterocycles. The highest BCUT2D eigenvalue weighted by atomic mass is 19.1. The summed E-state index contributed by atoms with van der Waals surface area (Å²) in [7, 11) is 0. The van der Waals surface area contributed by atoms with Gasteiger partial charge in [0, 0.05) is 20.8 Å². The van der Waals surface area contributed by atoms with E-state index in [1.54, 1.807) is 12.1 Å². The van der Waals surface area contributed by atoms with Gasteiger partial charge in [-0.15, -0.1) is 0 Å². The van der Waals surface area contributed by atoms with Crippen molar-refractivity contribution in [2.24, 2.45) is 0 Å². The first kappa shape index (κ1) is 47.8. The van der Waals surface area contributed by atoms with Crippen LogP contribution in [-0.4, -0.2) is 143 Å². The lowest BCUT2D eigenvalue weighted by atomic mass is 9.90. The van der Waals surface area contributed by atoms with E-state index in [9.17, 15) is 48.3 Å². The number of alkyl halides is 1. The third kappa shape index (κ3) is 9.07. The maximum absolute atomic E-state index is 17.2. The number of fused-ring (bicyclic) bond motifs is 2. The highest BCUT2D eigenvalue weighted by Crippen LogP contribution is 2.44. The van der Waals surface area contributed by atoms with Gasteiger partial charge >= 0.3 is 29.8 Å². The molecule has 0 radical (unpaired) electrons. The van der Waals surface area contributed by atoms with Crippen molar-refractivity contribution >= 4 is 53.5 Å². The van der Waals surface area contributed by atoms with Crippen molar-refractivity contribution in [2.45, 2.75) is 81.8 Å². The number of nitrogens with zero attached hydrogens (tertiary/aromatic N) is 2. The molecule has 69 heavy (non-hydrogen) atoms. The molecule has 10 atom stereocenters. The predicted octanol–water partition coefficient (Wildman–Crippen LogP) is 2.95. The molecule has 0 unspecified atom stereocenters. The van der Waals surface area contributed by atoms with Crippen LogP contribution in [0.1, 0.15) is 82.9 Å². The molecular weight excluding hydrogens is 912 g/mol. The molecule has 20 nitrogen and oxygen atoms in total. The van der Waals surface area contributed by atoms with Gasteiger partial charge in [-0.05, 0) is 48.5 Å². The van der Waals surface area contributed by atoms with Crippen LogP contribution in [0.5, 0.6) is 0 Å². The molecule has 21 heteroatoms. The average molecular weight is 953 g/mol. The molecule has 8 rings (SSSR count). The molecule has 4 heterocycles. The molecule has 4 aromatic rings. The zero-order valence-electron chi connectivity index (χ0n) is 36.7. The van der Waals surface area contributed by atoms with Gasteiger partial charge in [0.1, 0.15) is 37.6 Å². The average Bonchev–Trinajstić information content (AvgIpc) is 3.74. The maximum atomic E-state index is 17.2. The van der Waals surface area contributed by atoms with Gasteiger partial charge in [0.15, 0.2) is 18.3 Å². The van der Waals surface area contributed by atoms with Crippen molar-refractivity contribution in [1.82, 2.24) is 9.80 Å². The van der Waals surface area contributed by atoms with Crippen molar-refractivity contribution in [1.29, 1.82) is 0 Å². The molecule has 0 bridgehead atoms. The summed E-state index contributed by atoms with van der Waals surface area (Å²) in [6.07, 6.45) is -18.0. The predicted molar refractivity (Wildman–Crippen MR) is 226 cm³/mol. The molecule has 1 N–H and O–H groups in total. The second-order valence-corrected chi connectivity index (χ2v) is 16.0. The molecular formula is C48H41FN2O18. The van der Waals surface area contributed by atoms with E-state index in [1.807, 2.05) is 0 Å². The number of benzene rings is 4. The summed E-state index contributed by atoms with van der Waals surface area (Å²) < 4.78 is 63.7. The SMILES string of the molecule is CC(=O)OC[C@H]1O[C@@H](O[C@H]2[C@H](OC(=O)c3ccccc3)[C@@H](N3C(=O)c4ccccc4C3=O)[C@H](F)O[C@@H]2COC(=O)c2ccccc2)[C@@](O)(N2C(=O)c3ccccc3C2=O)[C@@H](OC(C)=O)[C@@H]1OC(C)=O. The first-order valence-electron chi connectivity index (χ1n) is 21.2. The Balaban J connectivity index is 1.31. The van der Waals surface area contributed by atoms with Gasteiger partial charge in [-0.1, -0.05) is 60.7 Å². The van der Waals surface area contributed by atoms with Crippen LogP contribution >= 0.6 is 0 Å². The number of carbonyl (C=O) groups is 9. The number of imide groups is 2. The van der Waals surface area contributed by atoms with Crippen LogP contribution in [0.3, 0.4) is 0 Å². The Bertz CT molecular complexity index is 2650. The maximum Gasteiger partial charge on any atom is 0.338 e. The number of hydrogen-bond acceptors (Lipinski definition) is 18. The topological polar surface area (TPSA) is 254 Å². The molecule has 0 aromatic heterocycles. The molecule has 0 aliphatic carbocycles. The van der Waals surface area contributed by atoms with Crippen LogP contribution < -0.4 is 0 Å². The van der Waals surface area contributed by atoms with E-state index >= 15 is 4.39 Å². The first-order valence-corrected chi connectivity index (χ1v) is 21.2. The summed E-state index contributed by atoms with van der Waals surface area (Å²) in [5.74, 6) is -9.91. The summed E-state index contributed by atoms with van der Waals surface area (Å²) in [6.45, 7) is 0.996. The Hall–Kier alpha value is -7.72. The van der Waals surface area contributed by atoms with E-state index in [4.69, 9.17) is 37.9 Å². The number of esters is 5. The molecule has 2 fully saturated rings. The molecule has 358 valence electrons. The Labute approximate surface area is 390 Å². The number of halogens is 1. The highest BCUT2D eigenvalue weighted by molar-refractivity contribution is 6.22. The molecule has 0 spiro atoms. The monoisotopic (exact) mass is 952 g/mol. The van der Waals surface area contributed by atoms with Gasteiger partial charge in [0.25, 0.3) is 23.6 Å². The summed E-state index contributed by atoms with van der Waals surface area (Å²) in [5, 5.41) is 13.3. The lowest BCUT2D eigenvalue weighted by molar-refractivity contribution is -0.389. The van der Waals surface area contributed by atoms with E-state index in [2.05, 4.69) is 0 Å². The van der Waals surface area contributed by atoms with Crippen molar-refractivity contribution < 1.29 is 90.5 Å². The lowest BCUT2D eigenvalue weighted by Crippen LogP contribution is -2.77. The number of rotatable bonds is 13. The van der Waals surface area contributed by atoms with Crippen molar-refractivity contribution in [3.63, 3.8) is 0 Å². The van der Waals surface area contributed by atoms with E-state index in [0.29, 0.717) is 4.90 Å². The van der Waals surface area contributed by atoms with Gasteiger partial charge in [0.05, 0.1) is 33.4 Å². The Morgan fingerprint density at radius 1 is 0.565 bits per heavy atom. The highest BCUT2D eigenvalue weighted by Gasteiger charge is 2.69. The molecule has 4 aliphatic rings. The van der Waals surface area contributed by atoms with Gasteiger partial charge in [-0.2, -0.15) is 0 Å². The standard InChI is InChI=1S/C48H41FN2O18/c1-24(52)62-22-34-37(64-25(2)53)39(65-26(3)54)48(61,51-43(57)31-20-12-13-21-32(31)44(51)58)47(67-34)69-36-33(23-63-45(59)27-14-6-4-7-15-27)66-40(49)35(38(36)68-46(60)28-16-8-5-9-17-28)50-41(55)29-18-10-11-19-30(29)42(50)56/h4-21,33-40,47,61H,22-23H2,1-3H3/t33-,34-,35-,36-,37-,38-,39+,40-,47+,48-/m1/s1. The fourth-order valence-corrected chi connectivity index (χ4v) is 8.56. The van der Waals surface area contributed by atoms with Gasteiger partial charge in [-0.25, -0.2) is 18.9 Å². The minimum atomic E-state index is -3.47. The Kier molecular flexibility index (Phi) is 13.5. The summed E-state index contributed by atoms with van der Waals surface area (Å²) in [4.78, 5) is 123. The third-order valence-corrected chi connectivity index (χ3v) is 11.6. The zero-order valence-corrected chi connectivity index (χ0v) is 36.7. The summed E-state index contributed by atoms with van der Waals surface area (Å²) in [5.41, 5.74) is -4.45. The van der Waals surface area contributed by atoms with Gasteiger partial charge in [-0.3, -0.25) is 38.5 Å². The fraction of sp³-hybridized carbons (Fsp3) is 0.312. The number of carbonyl (C=O) groups excluding carboxylic acids is 9. The summed E-state index contributed by atoms with van der Waals surface area (Å²) >= 11 is 0. The first-order chi connectivity index (χ1) is 33.0. The largest absolute Gasteiger partial charge is 0.463 e. The Morgan fingerprint density at radius 3 is 1.54 bits per heavy atom. The number of aliphatic hydroxyl groups is 1. The van der Waals surface area contributed by atoms with Crippen LogP contribution in [-0.2, 0) is 52.3 Å². The van der Waals surface area contributed by atoms with Gasteiger partial charge in [0.2, 0.25) is 18.4 Å². The number of hydrogen-bond donors (Lipinski definition) is 1. The number of amides is 4. The quantitative estimate of drug-likeness (QED) is 0.115. The van der Waals surface area contributed by atoms with E-state index in [-0.39, 0.29) is 38.3 Å². The second kappa shape index (κ2) is 19.5. The van der Waals surface area contributed by atoms with Crippen LogP contribution in [0, 0.1) is 0 Å². The molecule has 2 saturated heterocycles. The van der Waals surface area contributed by atoms with Crippen molar-refractivity contribution in [2.75, 3.05) is 13.2 Å². The fourth-order valence-electron chi connectivity index (χ4n) is 8.56. The number of ether oxygens (including phenoxy) is 8.